The zero-order valence-corrected chi connectivity index (χ0v) is 11.3. The summed E-state index contributed by atoms with van der Waals surface area (Å²) in [5, 5.41) is 5.11. The Labute approximate surface area is 117 Å². The van der Waals surface area contributed by atoms with Gasteiger partial charge in [0.15, 0.2) is 0 Å². The molecule has 1 aromatic heterocycles. The van der Waals surface area contributed by atoms with Crippen molar-refractivity contribution in [3.05, 3.63) is 65.3 Å². The van der Waals surface area contributed by atoms with E-state index < -0.39 is 0 Å². The van der Waals surface area contributed by atoms with Crippen LogP contribution in [0.25, 0.3) is 10.9 Å². The highest BCUT2D eigenvalue weighted by Crippen LogP contribution is 2.29. The van der Waals surface area contributed by atoms with Crippen LogP contribution in [0, 0.1) is 6.92 Å². The molecular weight excluding hydrogens is 256 g/mol. The molecule has 0 amide bonds. The molecule has 0 radical (unpaired) electrons. The average molecular weight is 269 g/mol. The minimum atomic E-state index is 0.672. The minimum absolute atomic E-state index is 0.672. The number of halogens is 1. The molecule has 2 aromatic carbocycles. The Balaban J connectivity index is 2.08. The molecule has 0 saturated heterocycles. The van der Waals surface area contributed by atoms with Crippen molar-refractivity contribution in [2.24, 2.45) is 0 Å². The average Bonchev–Trinajstić information content (AvgIpc) is 2.40. The van der Waals surface area contributed by atoms with Crippen molar-refractivity contribution in [2.75, 3.05) is 5.32 Å². The van der Waals surface area contributed by atoms with Crippen molar-refractivity contribution >= 4 is 33.9 Å². The first-order valence-corrected chi connectivity index (χ1v) is 6.49. The largest absolute Gasteiger partial charge is 0.355 e. The summed E-state index contributed by atoms with van der Waals surface area (Å²) in [6, 6.07) is 16.0. The number of nitrogens with zero attached hydrogens (tertiary/aromatic N) is 1. The molecule has 0 fully saturated rings. The summed E-state index contributed by atoms with van der Waals surface area (Å²) in [4.78, 5) is 4.33. The quantitative estimate of drug-likeness (QED) is 0.712. The molecule has 0 unspecified atom stereocenters. The molecule has 1 heterocycles. The molecule has 0 saturated carbocycles. The fourth-order valence-corrected chi connectivity index (χ4v) is 2.35. The third kappa shape index (κ3) is 2.40. The fourth-order valence-electron chi connectivity index (χ4n) is 2.13. The number of nitrogens with one attached hydrogen (secondary N) is 1. The molecule has 0 bridgehead atoms. The molecule has 0 spiro atoms. The van der Waals surface area contributed by atoms with Gasteiger partial charge in [-0.1, -0.05) is 35.9 Å². The Kier molecular flexibility index (Phi) is 3.10. The summed E-state index contributed by atoms with van der Waals surface area (Å²) < 4.78 is 0. The van der Waals surface area contributed by atoms with Gasteiger partial charge in [0.2, 0.25) is 0 Å². The summed E-state index contributed by atoms with van der Waals surface area (Å²) in [7, 11) is 0. The molecule has 0 aliphatic carbocycles. The first-order valence-electron chi connectivity index (χ1n) is 6.11. The van der Waals surface area contributed by atoms with E-state index in [4.69, 9.17) is 11.6 Å². The molecule has 2 nitrogen and oxygen atoms in total. The summed E-state index contributed by atoms with van der Waals surface area (Å²) >= 11 is 6.17. The van der Waals surface area contributed by atoms with Gasteiger partial charge in [-0.25, -0.2) is 0 Å². The van der Waals surface area contributed by atoms with Gasteiger partial charge >= 0.3 is 0 Å². The van der Waals surface area contributed by atoms with Crippen molar-refractivity contribution in [2.45, 2.75) is 6.92 Å². The van der Waals surface area contributed by atoms with Gasteiger partial charge in [-0.15, -0.1) is 0 Å². The van der Waals surface area contributed by atoms with Crippen LogP contribution in [-0.2, 0) is 0 Å². The van der Waals surface area contributed by atoms with Crippen molar-refractivity contribution in [1.82, 2.24) is 4.98 Å². The second kappa shape index (κ2) is 4.90. The van der Waals surface area contributed by atoms with E-state index in [-0.39, 0.29) is 0 Å². The molecular formula is C16H13ClN2. The lowest BCUT2D eigenvalue weighted by Crippen LogP contribution is -1.93. The molecule has 3 heteroatoms. The third-order valence-corrected chi connectivity index (χ3v) is 3.32. The number of anilines is 2. The second-order valence-corrected chi connectivity index (χ2v) is 4.90. The number of para-hydroxylation sites is 1. The van der Waals surface area contributed by atoms with Gasteiger partial charge in [-0.3, -0.25) is 4.98 Å². The SMILES string of the molecule is Cc1cccc(Nc2ccnc3c(Cl)cccc23)c1. The zero-order chi connectivity index (χ0) is 13.2. The summed E-state index contributed by atoms with van der Waals surface area (Å²) in [6.45, 7) is 2.08. The number of aromatic nitrogens is 1. The van der Waals surface area contributed by atoms with E-state index in [1.807, 2.05) is 36.4 Å². The van der Waals surface area contributed by atoms with Gasteiger partial charge in [0.1, 0.15) is 0 Å². The molecule has 3 rings (SSSR count). The van der Waals surface area contributed by atoms with E-state index in [9.17, 15) is 0 Å². The highest BCUT2D eigenvalue weighted by atomic mass is 35.5. The van der Waals surface area contributed by atoms with Gasteiger partial charge in [-0.2, -0.15) is 0 Å². The van der Waals surface area contributed by atoms with Crippen LogP contribution < -0.4 is 5.32 Å². The zero-order valence-electron chi connectivity index (χ0n) is 10.5. The normalized spacial score (nSPS) is 10.6. The monoisotopic (exact) mass is 268 g/mol. The first kappa shape index (κ1) is 12.0. The van der Waals surface area contributed by atoms with E-state index in [0.717, 1.165) is 22.3 Å². The van der Waals surface area contributed by atoms with Crippen molar-refractivity contribution in [3.8, 4) is 0 Å². The maximum absolute atomic E-state index is 6.17. The Bertz CT molecular complexity index is 738. The van der Waals surface area contributed by atoms with Crippen LogP contribution in [0.3, 0.4) is 0 Å². The molecule has 0 aliphatic rings. The van der Waals surface area contributed by atoms with Gasteiger partial charge in [0, 0.05) is 23.0 Å². The number of fused-ring (bicyclic) bond motifs is 1. The van der Waals surface area contributed by atoms with E-state index in [1.54, 1.807) is 6.20 Å². The summed E-state index contributed by atoms with van der Waals surface area (Å²) in [5.41, 5.74) is 4.12. The Morgan fingerprint density at radius 2 is 1.89 bits per heavy atom. The number of benzene rings is 2. The van der Waals surface area contributed by atoms with Crippen LogP contribution in [0.15, 0.2) is 54.7 Å². The highest BCUT2D eigenvalue weighted by molar-refractivity contribution is 6.35. The second-order valence-electron chi connectivity index (χ2n) is 4.49. The van der Waals surface area contributed by atoms with Gasteiger partial charge in [0.25, 0.3) is 0 Å². The van der Waals surface area contributed by atoms with Crippen LogP contribution in [0.5, 0.6) is 0 Å². The summed E-state index contributed by atoms with van der Waals surface area (Å²) in [5.74, 6) is 0. The third-order valence-electron chi connectivity index (χ3n) is 3.02. The molecule has 1 N–H and O–H groups in total. The van der Waals surface area contributed by atoms with Crippen molar-refractivity contribution < 1.29 is 0 Å². The highest BCUT2D eigenvalue weighted by Gasteiger charge is 2.05. The Morgan fingerprint density at radius 1 is 1.05 bits per heavy atom. The lowest BCUT2D eigenvalue weighted by atomic mass is 10.1. The molecule has 19 heavy (non-hydrogen) atoms. The predicted molar refractivity (Wildman–Crippen MR) is 81.2 cm³/mol. The van der Waals surface area contributed by atoms with E-state index >= 15 is 0 Å². The van der Waals surface area contributed by atoms with Crippen LogP contribution in [-0.4, -0.2) is 4.98 Å². The molecule has 94 valence electrons. The smallest absolute Gasteiger partial charge is 0.0908 e. The predicted octanol–water partition coefficient (Wildman–Crippen LogP) is 4.94. The Hall–Kier alpha value is -2.06. The van der Waals surface area contributed by atoms with Gasteiger partial charge in [0.05, 0.1) is 10.5 Å². The summed E-state index contributed by atoms with van der Waals surface area (Å²) in [6.07, 6.45) is 1.77. The molecule has 0 aliphatic heterocycles. The standard InChI is InChI=1S/C16H13ClN2/c1-11-4-2-5-12(10-11)19-15-8-9-18-16-13(15)6-3-7-14(16)17/h2-10H,1H3,(H,18,19). The minimum Gasteiger partial charge on any atom is -0.355 e. The number of aryl methyl sites for hydroxylation is 1. The fraction of sp³-hybridized carbons (Fsp3) is 0.0625. The van der Waals surface area contributed by atoms with Crippen LogP contribution in [0.2, 0.25) is 5.02 Å². The maximum atomic E-state index is 6.17. The topological polar surface area (TPSA) is 24.9 Å². The van der Waals surface area contributed by atoms with Gasteiger partial charge in [-0.05, 0) is 36.8 Å². The van der Waals surface area contributed by atoms with Crippen LogP contribution in [0.1, 0.15) is 5.56 Å². The van der Waals surface area contributed by atoms with Crippen LogP contribution in [0.4, 0.5) is 11.4 Å². The number of rotatable bonds is 2. The number of pyridine rings is 1. The number of hydrogen-bond acceptors (Lipinski definition) is 2. The molecule has 3 aromatic rings. The van der Waals surface area contributed by atoms with Crippen LogP contribution >= 0.6 is 11.6 Å². The maximum Gasteiger partial charge on any atom is 0.0908 e. The van der Waals surface area contributed by atoms with E-state index in [2.05, 4.69) is 29.4 Å². The molecule has 0 atom stereocenters. The van der Waals surface area contributed by atoms with Crippen molar-refractivity contribution in [1.29, 1.82) is 0 Å². The van der Waals surface area contributed by atoms with E-state index in [1.165, 1.54) is 5.56 Å². The lowest BCUT2D eigenvalue weighted by Gasteiger charge is -2.10. The van der Waals surface area contributed by atoms with Crippen molar-refractivity contribution in [3.63, 3.8) is 0 Å². The van der Waals surface area contributed by atoms with Gasteiger partial charge < -0.3 is 5.32 Å². The number of hydrogen-bond donors (Lipinski definition) is 1. The van der Waals surface area contributed by atoms with E-state index in [0.29, 0.717) is 5.02 Å². The first-order chi connectivity index (χ1) is 9.24. The lowest BCUT2D eigenvalue weighted by molar-refractivity contribution is 1.40. The Morgan fingerprint density at radius 3 is 2.74 bits per heavy atom.